The lowest BCUT2D eigenvalue weighted by molar-refractivity contribution is 0.111. The van der Waals surface area contributed by atoms with E-state index in [4.69, 9.17) is 33.5 Å². The van der Waals surface area contributed by atoms with E-state index < -0.39 is 8.32 Å². The van der Waals surface area contributed by atoms with Crippen LogP contribution < -0.4 is 14.4 Å². The normalized spacial score (nSPS) is 13.6. The maximum Gasteiger partial charge on any atom is 0.192 e. The Balaban J connectivity index is 1.57. The molecule has 0 bridgehead atoms. The van der Waals surface area contributed by atoms with E-state index in [-0.39, 0.29) is 11.1 Å². The van der Waals surface area contributed by atoms with Crippen molar-refractivity contribution in [1.82, 2.24) is 19.7 Å². The van der Waals surface area contributed by atoms with Crippen LogP contribution in [0.15, 0.2) is 59.4 Å². The number of hydrogen-bond donors (Lipinski definition) is 0. The van der Waals surface area contributed by atoms with Gasteiger partial charge in [-0.25, -0.2) is 9.97 Å². The number of aldehydes is 1. The van der Waals surface area contributed by atoms with E-state index in [1.807, 2.05) is 28.8 Å². The molecule has 0 radical (unpaired) electrons. The van der Waals surface area contributed by atoms with Gasteiger partial charge in [0.1, 0.15) is 40.7 Å². The monoisotopic (exact) mass is 695 g/mol. The topological polar surface area (TPSA) is 105 Å². The fourth-order valence-electron chi connectivity index (χ4n) is 6.16. The predicted octanol–water partition coefficient (Wildman–Crippen LogP) is 9.10. The van der Waals surface area contributed by atoms with Gasteiger partial charge >= 0.3 is 0 Å². The van der Waals surface area contributed by atoms with Gasteiger partial charge in [0.25, 0.3) is 0 Å². The van der Waals surface area contributed by atoms with Crippen LogP contribution in [0.5, 0.6) is 11.5 Å². The maximum absolute atomic E-state index is 13.2. The van der Waals surface area contributed by atoms with Crippen molar-refractivity contribution >= 4 is 31.5 Å². The molecule has 264 valence electrons. The summed E-state index contributed by atoms with van der Waals surface area (Å²) in [5.74, 6) is 3.43. The quantitative estimate of drug-likeness (QED) is 0.0831. The molecule has 10 nitrogen and oxygen atoms in total. The van der Waals surface area contributed by atoms with Crippen LogP contribution in [-0.2, 0) is 24.1 Å². The Labute approximate surface area is 295 Å². The lowest BCUT2D eigenvalue weighted by atomic mass is 10.0. The molecule has 6 rings (SSSR count). The smallest absolute Gasteiger partial charge is 0.192 e. The molecule has 5 aromatic rings. The number of nitrogens with zero attached hydrogens (tertiary/aromatic N) is 5. The van der Waals surface area contributed by atoms with Gasteiger partial charge in [-0.05, 0) is 80.2 Å². The summed E-state index contributed by atoms with van der Waals surface area (Å²) in [6, 6.07) is 16.0. The standard InChI is InChI=1S/C39H49N5O5Si/c1-25(2)44-32(22-45)33(35-31(36(49-42-35)28-14-15-28)23-48-50(8,9)39(3,4)5)34-37(40-24-41-38(34)44)43(20-26-10-16-29(46-6)17-11-26)21-27-12-18-30(47-7)19-13-27/h10-13,16-19,22,24-25,28H,14-15,20-21,23H2,1-9H3. The molecule has 3 heterocycles. The van der Waals surface area contributed by atoms with Crippen molar-refractivity contribution in [1.29, 1.82) is 0 Å². The Bertz CT molecular complexity index is 1900. The van der Waals surface area contributed by atoms with Crippen molar-refractivity contribution in [2.45, 2.75) is 97.2 Å². The molecular formula is C39H49N5O5Si. The molecule has 2 aromatic carbocycles. The molecule has 0 amide bonds. The van der Waals surface area contributed by atoms with Gasteiger partial charge < -0.3 is 27.9 Å². The lowest BCUT2D eigenvalue weighted by Gasteiger charge is -2.36. The van der Waals surface area contributed by atoms with Gasteiger partial charge in [0.05, 0.1) is 31.9 Å². The Kier molecular flexibility index (Phi) is 9.92. The minimum atomic E-state index is -2.13. The molecule has 0 spiro atoms. The van der Waals surface area contributed by atoms with Gasteiger partial charge in [0.15, 0.2) is 14.6 Å². The number of aromatic nitrogens is 4. The SMILES string of the molecule is COc1ccc(CN(Cc2ccc(OC)cc2)c2ncnc3c2c(-c2noc(C4CC4)c2CO[Si](C)(C)C(C)(C)C)c(C=O)n3C(C)C)cc1. The van der Waals surface area contributed by atoms with Crippen LogP contribution in [0.4, 0.5) is 5.82 Å². The van der Waals surface area contributed by atoms with Crippen LogP contribution in [0.1, 0.15) is 92.4 Å². The first-order valence-electron chi connectivity index (χ1n) is 17.3. The molecule has 1 saturated carbocycles. The van der Waals surface area contributed by atoms with Crippen LogP contribution in [-0.4, -0.2) is 48.5 Å². The van der Waals surface area contributed by atoms with E-state index in [0.29, 0.717) is 54.0 Å². The molecular weight excluding hydrogens is 647 g/mol. The van der Waals surface area contributed by atoms with Crippen molar-refractivity contribution in [3.63, 3.8) is 0 Å². The minimum absolute atomic E-state index is 0.0239. The number of methoxy groups -OCH3 is 2. The molecule has 0 unspecified atom stereocenters. The highest BCUT2D eigenvalue weighted by molar-refractivity contribution is 6.74. The van der Waals surface area contributed by atoms with Gasteiger partial charge in [-0.1, -0.05) is 50.2 Å². The Morgan fingerprint density at radius 1 is 0.960 bits per heavy atom. The molecule has 1 fully saturated rings. The van der Waals surface area contributed by atoms with Crippen LogP contribution in [0.25, 0.3) is 22.3 Å². The van der Waals surface area contributed by atoms with Crippen molar-refractivity contribution in [2.24, 2.45) is 0 Å². The highest BCUT2D eigenvalue weighted by Gasteiger charge is 2.40. The summed E-state index contributed by atoms with van der Waals surface area (Å²) in [7, 11) is 1.20. The highest BCUT2D eigenvalue weighted by Crippen LogP contribution is 2.48. The summed E-state index contributed by atoms with van der Waals surface area (Å²) in [5.41, 5.74) is 5.54. The van der Waals surface area contributed by atoms with E-state index in [9.17, 15) is 4.79 Å². The van der Waals surface area contributed by atoms with Gasteiger partial charge in [-0.3, -0.25) is 4.79 Å². The van der Waals surface area contributed by atoms with Crippen LogP contribution >= 0.6 is 0 Å². The zero-order chi connectivity index (χ0) is 35.8. The lowest BCUT2D eigenvalue weighted by Crippen LogP contribution is -2.40. The summed E-state index contributed by atoms with van der Waals surface area (Å²) in [6.07, 6.45) is 4.59. The zero-order valence-corrected chi connectivity index (χ0v) is 31.7. The summed E-state index contributed by atoms with van der Waals surface area (Å²) < 4.78 is 25.8. The van der Waals surface area contributed by atoms with Gasteiger partial charge in [-0.15, -0.1) is 0 Å². The summed E-state index contributed by atoms with van der Waals surface area (Å²) in [6.45, 7) is 16.8. The zero-order valence-electron chi connectivity index (χ0n) is 30.7. The van der Waals surface area contributed by atoms with Crippen LogP contribution in [0, 0.1) is 0 Å². The third-order valence-corrected chi connectivity index (χ3v) is 14.7. The third-order valence-electron chi connectivity index (χ3n) is 10.2. The average molecular weight is 696 g/mol. The number of carbonyl (C=O) groups is 1. The van der Waals surface area contributed by atoms with E-state index in [2.05, 4.69) is 76.9 Å². The largest absolute Gasteiger partial charge is 0.497 e. The number of anilines is 1. The van der Waals surface area contributed by atoms with Crippen molar-refractivity contribution < 1.29 is 23.2 Å². The molecule has 0 saturated heterocycles. The summed E-state index contributed by atoms with van der Waals surface area (Å²) in [4.78, 5) is 25.2. The van der Waals surface area contributed by atoms with E-state index in [0.717, 1.165) is 58.5 Å². The van der Waals surface area contributed by atoms with Crippen LogP contribution in [0.3, 0.4) is 0 Å². The van der Waals surface area contributed by atoms with Crippen LogP contribution in [0.2, 0.25) is 18.1 Å². The summed E-state index contributed by atoms with van der Waals surface area (Å²) >= 11 is 0. The second-order valence-electron chi connectivity index (χ2n) is 15.0. The number of fused-ring (bicyclic) bond motifs is 1. The molecule has 11 heteroatoms. The molecule has 1 aliphatic carbocycles. The fraction of sp³-hybridized carbons (Fsp3) is 0.436. The van der Waals surface area contributed by atoms with Crippen molar-refractivity contribution in [3.05, 3.63) is 83.0 Å². The Hall–Kier alpha value is -4.48. The first-order valence-corrected chi connectivity index (χ1v) is 20.2. The van der Waals surface area contributed by atoms with Crippen molar-refractivity contribution in [3.8, 4) is 22.8 Å². The number of hydrogen-bond acceptors (Lipinski definition) is 9. The number of carbonyl (C=O) groups excluding carboxylic acids is 1. The highest BCUT2D eigenvalue weighted by atomic mass is 28.4. The molecule has 0 N–H and O–H groups in total. The third kappa shape index (κ3) is 6.93. The van der Waals surface area contributed by atoms with Gasteiger partial charge in [0, 0.05) is 36.2 Å². The minimum Gasteiger partial charge on any atom is -0.497 e. The molecule has 1 aliphatic rings. The van der Waals surface area contributed by atoms with Gasteiger partial charge in [-0.2, -0.15) is 0 Å². The Morgan fingerprint density at radius 2 is 1.54 bits per heavy atom. The molecule has 0 aliphatic heterocycles. The summed E-state index contributed by atoms with van der Waals surface area (Å²) in [5, 5.41) is 5.52. The number of rotatable bonds is 14. The average Bonchev–Trinajstić information content (AvgIpc) is 3.76. The predicted molar refractivity (Wildman–Crippen MR) is 199 cm³/mol. The second kappa shape index (κ2) is 14.0. The van der Waals surface area contributed by atoms with E-state index in [1.54, 1.807) is 20.5 Å². The number of ether oxygens (including phenoxy) is 2. The van der Waals surface area contributed by atoms with Crippen molar-refractivity contribution in [2.75, 3.05) is 19.1 Å². The maximum atomic E-state index is 13.2. The molecule has 3 aromatic heterocycles. The van der Waals surface area contributed by atoms with E-state index in [1.165, 1.54) is 0 Å². The van der Waals surface area contributed by atoms with E-state index >= 15 is 0 Å². The second-order valence-corrected chi connectivity index (χ2v) is 19.8. The van der Waals surface area contributed by atoms with Gasteiger partial charge in [0.2, 0.25) is 0 Å². The first-order chi connectivity index (χ1) is 23.9. The fourth-order valence-corrected chi connectivity index (χ4v) is 7.09. The Morgan fingerprint density at radius 3 is 2.02 bits per heavy atom. The molecule has 0 atom stereocenters. The number of benzene rings is 2. The first kappa shape index (κ1) is 35.3. The molecule has 50 heavy (non-hydrogen) atoms.